The molecule has 0 aliphatic rings. The zero-order valence-corrected chi connectivity index (χ0v) is 17.5. The van der Waals surface area contributed by atoms with Gasteiger partial charge in [0.25, 0.3) is 0 Å². The molecule has 152 valence electrons. The molecule has 3 aromatic rings. The molecule has 0 saturated heterocycles. The Labute approximate surface area is 171 Å². The van der Waals surface area contributed by atoms with E-state index >= 15 is 0 Å². The van der Waals surface area contributed by atoms with Crippen molar-refractivity contribution in [3.63, 3.8) is 0 Å². The number of ether oxygens (including phenoxy) is 2. The van der Waals surface area contributed by atoms with Crippen LogP contribution in [0.1, 0.15) is 35.5 Å². The van der Waals surface area contributed by atoms with Gasteiger partial charge in [-0.2, -0.15) is 5.10 Å². The Morgan fingerprint density at radius 1 is 1.10 bits per heavy atom. The van der Waals surface area contributed by atoms with Crippen LogP contribution in [0.25, 0.3) is 5.69 Å². The number of aromatic nitrogens is 2. The van der Waals surface area contributed by atoms with Gasteiger partial charge in [-0.15, -0.1) is 0 Å². The maximum Gasteiger partial charge on any atom is 0.225 e. The quantitative estimate of drug-likeness (QED) is 0.661. The lowest BCUT2D eigenvalue weighted by Crippen LogP contribution is -2.28. The molecule has 0 unspecified atom stereocenters. The van der Waals surface area contributed by atoms with E-state index in [0.29, 0.717) is 5.75 Å². The zero-order valence-electron chi connectivity index (χ0n) is 17.5. The number of hydrogen-bond donors (Lipinski definition) is 1. The van der Waals surface area contributed by atoms with E-state index in [1.165, 1.54) is 0 Å². The summed E-state index contributed by atoms with van der Waals surface area (Å²) in [5, 5.41) is 7.68. The van der Waals surface area contributed by atoms with Crippen molar-refractivity contribution < 1.29 is 14.3 Å². The Kier molecular flexibility index (Phi) is 6.22. The lowest BCUT2D eigenvalue weighted by Gasteiger charge is -2.18. The number of benzene rings is 2. The fraction of sp³-hybridized carbons (Fsp3) is 0.304. The third-order valence-electron chi connectivity index (χ3n) is 5.06. The molecule has 0 fully saturated rings. The Hall–Kier alpha value is -3.28. The Morgan fingerprint density at radius 3 is 2.48 bits per heavy atom. The van der Waals surface area contributed by atoms with Gasteiger partial charge in [0.15, 0.2) is 0 Å². The molecule has 6 heteroatoms. The first-order valence-electron chi connectivity index (χ1n) is 9.56. The van der Waals surface area contributed by atoms with E-state index in [0.717, 1.165) is 34.0 Å². The molecule has 1 heterocycles. The van der Waals surface area contributed by atoms with Gasteiger partial charge in [-0.25, -0.2) is 4.68 Å². The van der Waals surface area contributed by atoms with Crippen LogP contribution in [-0.4, -0.2) is 29.9 Å². The first-order chi connectivity index (χ1) is 13.9. The number of methoxy groups -OCH3 is 2. The highest BCUT2D eigenvalue weighted by molar-refractivity contribution is 5.79. The second kappa shape index (κ2) is 8.82. The summed E-state index contributed by atoms with van der Waals surface area (Å²) >= 11 is 0. The normalized spacial score (nSPS) is 11.8. The number of amides is 1. The van der Waals surface area contributed by atoms with Gasteiger partial charge in [0.2, 0.25) is 5.91 Å². The Bertz CT molecular complexity index is 996. The van der Waals surface area contributed by atoms with Crippen LogP contribution >= 0.6 is 0 Å². The number of rotatable bonds is 7. The lowest BCUT2D eigenvalue weighted by atomic mass is 10.1. The number of hydrogen-bond acceptors (Lipinski definition) is 4. The van der Waals surface area contributed by atoms with Crippen LogP contribution in [0.4, 0.5) is 0 Å². The van der Waals surface area contributed by atoms with E-state index in [1.807, 2.05) is 74.0 Å². The summed E-state index contributed by atoms with van der Waals surface area (Å²) in [6.45, 7) is 5.86. The summed E-state index contributed by atoms with van der Waals surface area (Å²) in [5.41, 5.74) is 4.61. The smallest absolute Gasteiger partial charge is 0.225 e. The third-order valence-corrected chi connectivity index (χ3v) is 5.06. The van der Waals surface area contributed by atoms with Crippen LogP contribution < -0.4 is 14.8 Å². The minimum absolute atomic E-state index is 0.0683. The highest BCUT2D eigenvalue weighted by Gasteiger charge is 2.19. The number of para-hydroxylation sites is 1. The van der Waals surface area contributed by atoms with Crippen molar-refractivity contribution in [3.05, 3.63) is 71.0 Å². The molecule has 0 aliphatic carbocycles. The average molecular weight is 393 g/mol. The van der Waals surface area contributed by atoms with Crippen molar-refractivity contribution in [1.82, 2.24) is 15.1 Å². The van der Waals surface area contributed by atoms with Gasteiger partial charge in [-0.1, -0.05) is 18.2 Å². The van der Waals surface area contributed by atoms with E-state index in [1.54, 1.807) is 14.2 Å². The summed E-state index contributed by atoms with van der Waals surface area (Å²) in [6, 6.07) is 15.3. The van der Waals surface area contributed by atoms with E-state index in [4.69, 9.17) is 9.47 Å². The van der Waals surface area contributed by atoms with Crippen LogP contribution in [-0.2, 0) is 11.2 Å². The van der Waals surface area contributed by atoms with Crippen molar-refractivity contribution in [2.45, 2.75) is 33.2 Å². The molecule has 29 heavy (non-hydrogen) atoms. The predicted octanol–water partition coefficient (Wildman–Crippen LogP) is 3.93. The number of aryl methyl sites for hydroxylation is 1. The highest BCUT2D eigenvalue weighted by atomic mass is 16.5. The van der Waals surface area contributed by atoms with Gasteiger partial charge in [0, 0.05) is 16.8 Å². The number of carbonyl (C=O) groups excluding carboxylic acids is 1. The molecular weight excluding hydrogens is 366 g/mol. The van der Waals surface area contributed by atoms with Gasteiger partial charge < -0.3 is 14.8 Å². The molecule has 0 bridgehead atoms. The molecular formula is C23H27N3O3. The van der Waals surface area contributed by atoms with Crippen molar-refractivity contribution in [1.29, 1.82) is 0 Å². The molecule has 6 nitrogen and oxygen atoms in total. The lowest BCUT2D eigenvalue weighted by molar-refractivity contribution is -0.121. The maximum atomic E-state index is 12.8. The molecule has 1 N–H and O–H groups in total. The summed E-state index contributed by atoms with van der Waals surface area (Å²) in [5.74, 6) is 1.36. The topological polar surface area (TPSA) is 65.4 Å². The molecule has 0 aliphatic heterocycles. The Morgan fingerprint density at radius 2 is 1.83 bits per heavy atom. The number of nitrogens with zero attached hydrogens (tertiary/aromatic N) is 2. The number of carbonyl (C=O) groups is 1. The van der Waals surface area contributed by atoms with Crippen LogP contribution in [0, 0.1) is 13.8 Å². The minimum atomic E-state index is -0.225. The molecule has 2 aromatic carbocycles. The van der Waals surface area contributed by atoms with Crippen LogP contribution in [0.15, 0.2) is 48.5 Å². The van der Waals surface area contributed by atoms with Gasteiger partial charge in [-0.3, -0.25) is 4.79 Å². The highest BCUT2D eigenvalue weighted by Crippen LogP contribution is 2.29. The first-order valence-corrected chi connectivity index (χ1v) is 9.56. The molecule has 1 aromatic heterocycles. The molecule has 1 atom stereocenters. The van der Waals surface area contributed by atoms with Gasteiger partial charge >= 0.3 is 0 Å². The van der Waals surface area contributed by atoms with Crippen LogP contribution in [0.2, 0.25) is 0 Å². The number of nitrogens with one attached hydrogen (secondary N) is 1. The maximum absolute atomic E-state index is 12.8. The molecule has 1 amide bonds. The van der Waals surface area contributed by atoms with Crippen molar-refractivity contribution >= 4 is 5.91 Å². The fourth-order valence-electron chi connectivity index (χ4n) is 3.46. The summed E-state index contributed by atoms with van der Waals surface area (Å²) in [7, 11) is 3.23. The fourth-order valence-corrected chi connectivity index (χ4v) is 3.46. The Balaban J connectivity index is 1.77. The summed E-state index contributed by atoms with van der Waals surface area (Å²) < 4.78 is 12.6. The molecule has 0 spiro atoms. The molecule has 3 rings (SSSR count). The average Bonchev–Trinajstić information content (AvgIpc) is 3.02. The van der Waals surface area contributed by atoms with Crippen molar-refractivity contribution in [2.75, 3.05) is 14.2 Å². The standard InChI is InChI=1S/C23H27N3O3/c1-15(21-13-19(28-4)11-12-22(21)29-5)24-23(27)14-20-16(2)25-26(17(20)3)18-9-7-6-8-10-18/h6-13,15H,14H2,1-5H3,(H,24,27)/t15-/m0/s1. The molecule has 0 saturated carbocycles. The van der Waals surface area contributed by atoms with E-state index < -0.39 is 0 Å². The van der Waals surface area contributed by atoms with E-state index in [2.05, 4.69) is 10.4 Å². The zero-order chi connectivity index (χ0) is 21.0. The van der Waals surface area contributed by atoms with E-state index in [9.17, 15) is 4.79 Å². The third kappa shape index (κ3) is 4.42. The summed E-state index contributed by atoms with van der Waals surface area (Å²) in [4.78, 5) is 12.8. The SMILES string of the molecule is COc1ccc(OC)c([C@H](C)NC(=O)Cc2c(C)nn(-c3ccccc3)c2C)c1. The van der Waals surface area contributed by atoms with Crippen molar-refractivity contribution in [2.24, 2.45) is 0 Å². The first kappa shape index (κ1) is 20.5. The minimum Gasteiger partial charge on any atom is -0.497 e. The van der Waals surface area contributed by atoms with Gasteiger partial charge in [0.05, 0.1) is 38.1 Å². The van der Waals surface area contributed by atoms with Gasteiger partial charge in [-0.05, 0) is 51.1 Å². The largest absolute Gasteiger partial charge is 0.497 e. The van der Waals surface area contributed by atoms with Crippen LogP contribution in [0.5, 0.6) is 11.5 Å². The van der Waals surface area contributed by atoms with E-state index in [-0.39, 0.29) is 18.4 Å². The second-order valence-corrected chi connectivity index (χ2v) is 6.97. The second-order valence-electron chi connectivity index (χ2n) is 6.97. The van der Waals surface area contributed by atoms with Gasteiger partial charge in [0.1, 0.15) is 11.5 Å². The summed E-state index contributed by atoms with van der Waals surface area (Å²) in [6.07, 6.45) is 0.265. The van der Waals surface area contributed by atoms with Crippen LogP contribution in [0.3, 0.4) is 0 Å². The predicted molar refractivity (Wildman–Crippen MR) is 113 cm³/mol. The van der Waals surface area contributed by atoms with Crippen molar-refractivity contribution in [3.8, 4) is 17.2 Å². The molecule has 0 radical (unpaired) electrons. The monoisotopic (exact) mass is 393 g/mol.